The Kier molecular flexibility index (Phi) is 9.44. The van der Waals surface area contributed by atoms with Crippen LogP contribution in [0.3, 0.4) is 0 Å². The highest BCUT2D eigenvalue weighted by molar-refractivity contribution is 7.13. The van der Waals surface area contributed by atoms with E-state index in [0.717, 1.165) is 28.1 Å². The fourth-order valence-corrected chi connectivity index (χ4v) is 6.24. The van der Waals surface area contributed by atoms with Crippen molar-refractivity contribution in [1.29, 1.82) is 0 Å². The van der Waals surface area contributed by atoms with E-state index in [4.69, 9.17) is 15.5 Å². The first-order chi connectivity index (χ1) is 22.0. The van der Waals surface area contributed by atoms with Gasteiger partial charge in [-0.05, 0) is 34.9 Å². The van der Waals surface area contributed by atoms with Gasteiger partial charge in [-0.1, -0.05) is 42.5 Å². The van der Waals surface area contributed by atoms with Gasteiger partial charge in [0.1, 0.15) is 11.9 Å². The summed E-state index contributed by atoms with van der Waals surface area (Å²) in [6.07, 6.45) is 3.81. The van der Waals surface area contributed by atoms with Crippen LogP contribution in [-0.4, -0.2) is 83.4 Å². The fraction of sp³-hybridized carbons (Fsp3) is 0.303. The summed E-state index contributed by atoms with van der Waals surface area (Å²) in [5, 5.41) is 5.15. The van der Waals surface area contributed by atoms with Crippen LogP contribution in [0, 0.1) is 0 Å². The Bertz CT molecular complexity index is 1620. The monoisotopic (exact) mass is 625 g/mol. The van der Waals surface area contributed by atoms with Gasteiger partial charge in [0.15, 0.2) is 5.13 Å². The predicted molar refractivity (Wildman–Crippen MR) is 173 cm³/mol. The number of piperazine rings is 1. The summed E-state index contributed by atoms with van der Waals surface area (Å²) < 4.78 is 5.34. The van der Waals surface area contributed by atoms with Crippen LogP contribution >= 0.6 is 11.3 Å². The van der Waals surface area contributed by atoms with Crippen molar-refractivity contribution >= 4 is 40.0 Å². The van der Waals surface area contributed by atoms with E-state index in [2.05, 4.69) is 15.2 Å². The summed E-state index contributed by atoms with van der Waals surface area (Å²) >= 11 is 1.33. The predicted octanol–water partition coefficient (Wildman–Crippen LogP) is 3.55. The molecule has 1 atom stereocenters. The quantitative estimate of drug-likeness (QED) is 0.242. The lowest BCUT2D eigenvalue weighted by atomic mass is 10.0. The molecule has 2 aromatic heterocycles. The number of aromatic nitrogens is 2. The number of nitrogens with one attached hydrogen (secondary N) is 1. The number of hydrogen-bond acceptors (Lipinski definition) is 9. The lowest BCUT2D eigenvalue weighted by molar-refractivity contribution is -0.132. The minimum absolute atomic E-state index is 0.0925. The standard InChI is InChI=1S/C33H35N7O4S/c34-11-18-44-17-10-29(41)39-15-13-38(14-16-39)28-9-8-25(21-36-28)24-6-7-26-22-40(32(43)27(26)20-24)30(23-4-2-1-3-5-23)31(42)37-33-35-12-19-45-33/h1-9,12,19-21,30H,10-11,13-18,22,34H2,(H,35,37,42). The molecule has 4 heterocycles. The first-order valence-electron chi connectivity index (χ1n) is 15.0. The Morgan fingerprint density at radius 2 is 1.78 bits per heavy atom. The third-order valence-corrected chi connectivity index (χ3v) is 8.73. The van der Waals surface area contributed by atoms with E-state index in [1.54, 1.807) is 16.5 Å². The summed E-state index contributed by atoms with van der Waals surface area (Å²) in [5.74, 6) is 0.435. The largest absolute Gasteiger partial charge is 0.380 e. The normalized spacial score (nSPS) is 15.2. The number of ether oxygens (including phenoxy) is 1. The summed E-state index contributed by atoms with van der Waals surface area (Å²) in [6.45, 7) is 4.29. The van der Waals surface area contributed by atoms with Gasteiger partial charge >= 0.3 is 0 Å². The number of thiazole rings is 1. The summed E-state index contributed by atoms with van der Waals surface area (Å²) in [6, 6.07) is 18.3. The molecule has 2 aliphatic heterocycles. The molecule has 2 aliphatic rings. The number of fused-ring (bicyclic) bond motifs is 1. The number of rotatable bonds is 11. The first kappa shape index (κ1) is 30.4. The Balaban J connectivity index is 1.12. The van der Waals surface area contributed by atoms with Crippen molar-refractivity contribution in [3.63, 3.8) is 0 Å². The van der Waals surface area contributed by atoms with Gasteiger partial charge in [-0.25, -0.2) is 9.97 Å². The lowest BCUT2D eigenvalue weighted by Gasteiger charge is -2.35. The van der Waals surface area contributed by atoms with Crippen LogP contribution < -0.4 is 16.0 Å². The van der Waals surface area contributed by atoms with E-state index in [-0.39, 0.29) is 17.7 Å². The molecule has 1 fully saturated rings. The van der Waals surface area contributed by atoms with Crippen molar-refractivity contribution < 1.29 is 19.1 Å². The molecule has 6 rings (SSSR count). The van der Waals surface area contributed by atoms with Gasteiger partial charge in [-0.3, -0.25) is 19.7 Å². The molecule has 1 saturated heterocycles. The molecule has 0 aliphatic carbocycles. The molecule has 4 aromatic rings. The number of nitrogens with zero attached hydrogens (tertiary/aromatic N) is 5. The molecule has 232 valence electrons. The molecular formula is C33H35N7O4S. The van der Waals surface area contributed by atoms with Crippen LogP contribution in [0.15, 0.2) is 78.4 Å². The Hall–Kier alpha value is -4.65. The van der Waals surface area contributed by atoms with Gasteiger partial charge in [0.25, 0.3) is 11.8 Å². The topological polar surface area (TPSA) is 134 Å². The zero-order valence-corrected chi connectivity index (χ0v) is 25.6. The zero-order valence-electron chi connectivity index (χ0n) is 24.8. The maximum Gasteiger partial charge on any atom is 0.255 e. The molecule has 0 bridgehead atoms. The maximum atomic E-state index is 13.8. The zero-order chi connectivity index (χ0) is 31.2. The number of benzene rings is 2. The van der Waals surface area contributed by atoms with E-state index in [1.807, 2.05) is 71.8 Å². The average molecular weight is 626 g/mol. The minimum atomic E-state index is -0.806. The Morgan fingerprint density at radius 3 is 2.49 bits per heavy atom. The fourth-order valence-electron chi connectivity index (χ4n) is 5.71. The van der Waals surface area contributed by atoms with Crippen molar-refractivity contribution in [3.8, 4) is 11.1 Å². The van der Waals surface area contributed by atoms with Crippen LogP contribution in [-0.2, 0) is 20.9 Å². The number of hydrogen-bond donors (Lipinski definition) is 2. The number of amides is 3. The smallest absolute Gasteiger partial charge is 0.255 e. The van der Waals surface area contributed by atoms with Crippen LogP contribution in [0.1, 0.15) is 33.9 Å². The number of nitrogens with two attached hydrogens (primary N) is 1. The van der Waals surface area contributed by atoms with E-state index in [1.165, 1.54) is 11.3 Å². The average Bonchev–Trinajstić information content (AvgIpc) is 3.71. The van der Waals surface area contributed by atoms with Crippen molar-refractivity contribution in [2.45, 2.75) is 19.0 Å². The van der Waals surface area contributed by atoms with E-state index in [0.29, 0.717) is 69.6 Å². The number of pyridine rings is 1. The SMILES string of the molecule is NCCOCCC(=O)N1CCN(c2ccc(-c3ccc4c(c3)C(=O)N(C(C(=O)Nc3nccs3)c3ccccc3)C4)cn2)CC1. The molecule has 1 unspecified atom stereocenters. The van der Waals surface area contributed by atoms with Crippen molar-refractivity contribution in [2.24, 2.45) is 5.73 Å². The molecule has 11 nitrogen and oxygen atoms in total. The lowest BCUT2D eigenvalue weighted by Crippen LogP contribution is -2.49. The molecule has 0 radical (unpaired) electrons. The van der Waals surface area contributed by atoms with Crippen LogP contribution in [0.4, 0.5) is 10.9 Å². The van der Waals surface area contributed by atoms with Gasteiger partial charge in [-0.2, -0.15) is 0 Å². The third-order valence-electron chi connectivity index (χ3n) is 8.04. The molecule has 2 aromatic carbocycles. The van der Waals surface area contributed by atoms with Crippen molar-refractivity contribution in [2.75, 3.05) is 56.2 Å². The Morgan fingerprint density at radius 1 is 0.978 bits per heavy atom. The van der Waals surface area contributed by atoms with Crippen molar-refractivity contribution in [1.82, 2.24) is 19.8 Å². The highest BCUT2D eigenvalue weighted by Crippen LogP contribution is 2.35. The highest BCUT2D eigenvalue weighted by Gasteiger charge is 2.38. The van der Waals surface area contributed by atoms with Crippen LogP contribution in [0.5, 0.6) is 0 Å². The second-order valence-corrected chi connectivity index (χ2v) is 11.8. The second-order valence-electron chi connectivity index (χ2n) is 10.9. The summed E-state index contributed by atoms with van der Waals surface area (Å²) in [5.41, 5.74) is 9.37. The molecule has 0 spiro atoms. The molecule has 3 amide bonds. The van der Waals surface area contributed by atoms with Crippen LogP contribution in [0.2, 0.25) is 0 Å². The Labute approximate surface area is 265 Å². The van der Waals surface area contributed by atoms with Gasteiger partial charge < -0.3 is 25.2 Å². The molecule has 3 N–H and O–H groups in total. The minimum Gasteiger partial charge on any atom is -0.380 e. The van der Waals surface area contributed by atoms with Gasteiger partial charge in [0.05, 0.1) is 19.6 Å². The van der Waals surface area contributed by atoms with Crippen LogP contribution in [0.25, 0.3) is 11.1 Å². The summed E-state index contributed by atoms with van der Waals surface area (Å²) in [7, 11) is 0. The number of carbonyl (C=O) groups excluding carboxylic acids is 3. The summed E-state index contributed by atoms with van der Waals surface area (Å²) in [4.78, 5) is 54.3. The molecule has 12 heteroatoms. The molecule has 0 saturated carbocycles. The first-order valence-corrected chi connectivity index (χ1v) is 15.9. The van der Waals surface area contributed by atoms with E-state index >= 15 is 0 Å². The van der Waals surface area contributed by atoms with Gasteiger partial charge in [0.2, 0.25) is 5.91 Å². The second kappa shape index (κ2) is 14.0. The number of carbonyl (C=O) groups is 3. The third kappa shape index (κ3) is 6.88. The van der Waals surface area contributed by atoms with Gasteiger partial charge in [-0.15, -0.1) is 11.3 Å². The van der Waals surface area contributed by atoms with Crippen molar-refractivity contribution in [3.05, 3.63) is 95.1 Å². The maximum absolute atomic E-state index is 13.8. The number of anilines is 2. The highest BCUT2D eigenvalue weighted by atomic mass is 32.1. The molecule has 45 heavy (non-hydrogen) atoms. The van der Waals surface area contributed by atoms with E-state index in [9.17, 15) is 14.4 Å². The van der Waals surface area contributed by atoms with E-state index < -0.39 is 6.04 Å². The molecular weight excluding hydrogens is 590 g/mol. The van der Waals surface area contributed by atoms with Gasteiger partial charge in [0, 0.05) is 68.2 Å².